The lowest BCUT2D eigenvalue weighted by molar-refractivity contribution is 1.06. The van der Waals surface area contributed by atoms with Gasteiger partial charge in [0.05, 0.1) is 5.69 Å². The van der Waals surface area contributed by atoms with E-state index in [9.17, 15) is 0 Å². The van der Waals surface area contributed by atoms with Crippen molar-refractivity contribution in [1.29, 1.82) is 0 Å². The van der Waals surface area contributed by atoms with Gasteiger partial charge < -0.3 is 10.3 Å². The van der Waals surface area contributed by atoms with Gasteiger partial charge >= 0.3 is 0 Å². The standard InChI is InChI=1S/C7H12N4/c1-11(2)7-6(10-8)4-3-5-9-7/h3-5,10H,8H2,1-2H3. The van der Waals surface area contributed by atoms with Crippen LogP contribution in [0.4, 0.5) is 11.5 Å². The number of nitrogens with zero attached hydrogens (tertiary/aromatic N) is 2. The molecule has 0 unspecified atom stereocenters. The molecule has 0 amide bonds. The smallest absolute Gasteiger partial charge is 0.152 e. The molecule has 1 heterocycles. The van der Waals surface area contributed by atoms with E-state index in [1.54, 1.807) is 6.20 Å². The molecule has 11 heavy (non-hydrogen) atoms. The molecule has 0 aliphatic heterocycles. The fourth-order valence-corrected chi connectivity index (χ4v) is 0.866. The van der Waals surface area contributed by atoms with Crippen LogP contribution in [0, 0.1) is 0 Å². The summed E-state index contributed by atoms with van der Waals surface area (Å²) in [7, 11) is 3.84. The Labute approximate surface area is 66.0 Å². The average Bonchev–Trinajstić information content (AvgIpc) is 2.04. The summed E-state index contributed by atoms with van der Waals surface area (Å²) in [5.41, 5.74) is 3.40. The van der Waals surface area contributed by atoms with Crippen molar-refractivity contribution in [2.75, 3.05) is 24.4 Å². The van der Waals surface area contributed by atoms with E-state index in [0.29, 0.717) is 0 Å². The fraction of sp³-hybridized carbons (Fsp3) is 0.286. The second-order valence-electron chi connectivity index (χ2n) is 2.41. The monoisotopic (exact) mass is 152 g/mol. The first-order valence-electron chi connectivity index (χ1n) is 3.34. The highest BCUT2D eigenvalue weighted by Crippen LogP contribution is 2.18. The van der Waals surface area contributed by atoms with Crippen molar-refractivity contribution in [3.05, 3.63) is 18.3 Å². The quantitative estimate of drug-likeness (QED) is 0.476. The first-order valence-corrected chi connectivity index (χ1v) is 3.34. The molecule has 0 spiro atoms. The maximum Gasteiger partial charge on any atom is 0.152 e. The molecule has 0 aliphatic rings. The van der Waals surface area contributed by atoms with Crippen LogP contribution in [0.2, 0.25) is 0 Å². The Bertz CT molecular complexity index is 234. The van der Waals surface area contributed by atoms with E-state index >= 15 is 0 Å². The average molecular weight is 152 g/mol. The van der Waals surface area contributed by atoms with E-state index in [2.05, 4.69) is 10.4 Å². The summed E-state index contributed by atoms with van der Waals surface area (Å²) in [5.74, 6) is 6.11. The van der Waals surface area contributed by atoms with Gasteiger partial charge in [0.1, 0.15) is 0 Å². The van der Waals surface area contributed by atoms with Gasteiger partial charge in [-0.05, 0) is 12.1 Å². The molecule has 0 bridgehead atoms. The summed E-state index contributed by atoms with van der Waals surface area (Å²) < 4.78 is 0. The SMILES string of the molecule is CN(C)c1ncccc1NN. The highest BCUT2D eigenvalue weighted by molar-refractivity contribution is 5.63. The van der Waals surface area contributed by atoms with Gasteiger partial charge in [-0.2, -0.15) is 0 Å². The number of hydrazine groups is 1. The third-order valence-corrected chi connectivity index (χ3v) is 1.37. The Morgan fingerprint density at radius 1 is 1.55 bits per heavy atom. The van der Waals surface area contributed by atoms with Gasteiger partial charge in [-0.15, -0.1) is 0 Å². The first-order chi connectivity index (χ1) is 5.25. The van der Waals surface area contributed by atoms with Crippen LogP contribution in [-0.2, 0) is 0 Å². The van der Waals surface area contributed by atoms with Gasteiger partial charge in [-0.1, -0.05) is 0 Å². The van der Waals surface area contributed by atoms with Gasteiger partial charge in [0.15, 0.2) is 5.82 Å². The normalized spacial score (nSPS) is 9.36. The minimum Gasteiger partial charge on any atom is -0.361 e. The summed E-state index contributed by atoms with van der Waals surface area (Å²) in [6.45, 7) is 0. The van der Waals surface area contributed by atoms with Gasteiger partial charge in [0.25, 0.3) is 0 Å². The molecule has 0 saturated heterocycles. The van der Waals surface area contributed by atoms with Crippen molar-refractivity contribution in [1.82, 2.24) is 4.98 Å². The van der Waals surface area contributed by atoms with E-state index in [-0.39, 0.29) is 0 Å². The summed E-state index contributed by atoms with van der Waals surface area (Å²) in [4.78, 5) is 6.03. The lowest BCUT2D eigenvalue weighted by atomic mass is 10.4. The van der Waals surface area contributed by atoms with E-state index in [1.165, 1.54) is 0 Å². The largest absolute Gasteiger partial charge is 0.361 e. The van der Waals surface area contributed by atoms with E-state index in [1.807, 2.05) is 31.1 Å². The van der Waals surface area contributed by atoms with Crippen LogP contribution in [0.5, 0.6) is 0 Å². The van der Waals surface area contributed by atoms with Crippen LogP contribution in [-0.4, -0.2) is 19.1 Å². The van der Waals surface area contributed by atoms with Crippen molar-refractivity contribution < 1.29 is 0 Å². The number of rotatable bonds is 2. The van der Waals surface area contributed by atoms with Crippen molar-refractivity contribution in [2.45, 2.75) is 0 Å². The molecule has 4 heteroatoms. The molecule has 0 fully saturated rings. The minimum atomic E-state index is 0.831. The molecule has 1 rings (SSSR count). The molecular formula is C7H12N4. The van der Waals surface area contributed by atoms with Crippen molar-refractivity contribution in [2.24, 2.45) is 5.84 Å². The molecule has 0 saturated carbocycles. The van der Waals surface area contributed by atoms with Crippen LogP contribution in [0.25, 0.3) is 0 Å². The van der Waals surface area contributed by atoms with Gasteiger partial charge in [-0.3, -0.25) is 5.84 Å². The topological polar surface area (TPSA) is 54.2 Å². The van der Waals surface area contributed by atoms with Crippen LogP contribution in [0.1, 0.15) is 0 Å². The first kappa shape index (κ1) is 7.81. The zero-order chi connectivity index (χ0) is 8.27. The zero-order valence-electron chi connectivity index (χ0n) is 6.70. The summed E-state index contributed by atoms with van der Waals surface area (Å²) in [6.07, 6.45) is 1.73. The summed E-state index contributed by atoms with van der Waals surface area (Å²) in [6, 6.07) is 3.71. The maximum atomic E-state index is 5.27. The second kappa shape index (κ2) is 3.21. The van der Waals surface area contributed by atoms with Gasteiger partial charge in [0, 0.05) is 20.3 Å². The maximum absolute atomic E-state index is 5.27. The molecule has 1 aromatic heterocycles. The third kappa shape index (κ3) is 1.59. The molecule has 0 aromatic carbocycles. The van der Waals surface area contributed by atoms with Gasteiger partial charge in [-0.25, -0.2) is 4.98 Å². The Morgan fingerprint density at radius 2 is 2.27 bits per heavy atom. The zero-order valence-corrected chi connectivity index (χ0v) is 6.70. The van der Waals surface area contributed by atoms with Crippen LogP contribution in [0.15, 0.2) is 18.3 Å². The summed E-state index contributed by atoms with van der Waals surface area (Å²) in [5, 5.41) is 0. The van der Waals surface area contributed by atoms with Gasteiger partial charge in [0.2, 0.25) is 0 Å². The van der Waals surface area contributed by atoms with E-state index in [4.69, 9.17) is 5.84 Å². The predicted molar refractivity (Wildman–Crippen MR) is 46.4 cm³/mol. The highest BCUT2D eigenvalue weighted by Gasteiger charge is 2.01. The van der Waals surface area contributed by atoms with Crippen LogP contribution >= 0.6 is 0 Å². The Balaban J connectivity index is 3.02. The van der Waals surface area contributed by atoms with Crippen LogP contribution < -0.4 is 16.2 Å². The molecule has 60 valence electrons. The fourth-order valence-electron chi connectivity index (χ4n) is 0.866. The number of pyridine rings is 1. The minimum absolute atomic E-state index is 0.831. The number of nitrogens with one attached hydrogen (secondary N) is 1. The lowest BCUT2D eigenvalue weighted by Gasteiger charge is -2.14. The van der Waals surface area contributed by atoms with Crippen molar-refractivity contribution >= 4 is 11.5 Å². The highest BCUT2D eigenvalue weighted by atomic mass is 15.3. The molecule has 0 aliphatic carbocycles. The summed E-state index contributed by atoms with van der Waals surface area (Å²) >= 11 is 0. The third-order valence-electron chi connectivity index (χ3n) is 1.37. The number of nitrogen functional groups attached to an aromatic ring is 1. The number of nitrogens with two attached hydrogens (primary N) is 1. The number of hydrogen-bond acceptors (Lipinski definition) is 4. The second-order valence-corrected chi connectivity index (χ2v) is 2.41. The number of anilines is 2. The molecule has 0 radical (unpaired) electrons. The molecule has 0 atom stereocenters. The van der Waals surface area contributed by atoms with Crippen LogP contribution in [0.3, 0.4) is 0 Å². The Kier molecular flexibility index (Phi) is 2.28. The van der Waals surface area contributed by atoms with Crippen molar-refractivity contribution in [3.63, 3.8) is 0 Å². The van der Waals surface area contributed by atoms with E-state index < -0.39 is 0 Å². The Hall–Kier alpha value is -1.29. The predicted octanol–water partition coefficient (Wildman–Crippen LogP) is 0.433. The molecule has 3 N–H and O–H groups in total. The molecular weight excluding hydrogens is 140 g/mol. The number of aromatic nitrogens is 1. The van der Waals surface area contributed by atoms with E-state index in [0.717, 1.165) is 11.5 Å². The number of hydrogen-bond donors (Lipinski definition) is 2. The Morgan fingerprint density at radius 3 is 2.73 bits per heavy atom. The molecule has 4 nitrogen and oxygen atoms in total. The molecule has 1 aromatic rings. The lowest BCUT2D eigenvalue weighted by Crippen LogP contribution is -2.16. The van der Waals surface area contributed by atoms with Crippen molar-refractivity contribution in [3.8, 4) is 0 Å².